The van der Waals surface area contributed by atoms with Gasteiger partial charge in [-0.15, -0.1) is 0 Å². The molecule has 0 saturated heterocycles. The van der Waals surface area contributed by atoms with E-state index in [1.807, 2.05) is 103 Å². The molecule has 1 N–H and O–H groups in total. The molecule has 0 amide bonds. The van der Waals surface area contributed by atoms with Crippen molar-refractivity contribution in [1.29, 1.82) is 0 Å². The van der Waals surface area contributed by atoms with Crippen LogP contribution in [0, 0.1) is 0 Å². The Hall–Kier alpha value is -5.56. The molecule has 44 heavy (non-hydrogen) atoms. The summed E-state index contributed by atoms with van der Waals surface area (Å²) in [5.74, 6) is 0.0312. The second kappa shape index (κ2) is 11.6. The molecule has 0 unspecified atom stereocenters. The number of anilines is 2. The Labute approximate surface area is 256 Å². The summed E-state index contributed by atoms with van der Waals surface area (Å²) in [5.41, 5.74) is 6.62. The number of hydrogen-bond donors (Lipinski definition) is 1. The Morgan fingerprint density at radius 2 is 1.34 bits per heavy atom. The molecule has 2 heterocycles. The fourth-order valence-corrected chi connectivity index (χ4v) is 6.21. The van der Waals surface area contributed by atoms with Crippen molar-refractivity contribution in [2.75, 3.05) is 11.9 Å². The van der Waals surface area contributed by atoms with Gasteiger partial charge in [0.05, 0.1) is 18.0 Å². The number of esters is 1. The first-order valence-electron chi connectivity index (χ1n) is 14.8. The molecule has 6 aromatic rings. The summed E-state index contributed by atoms with van der Waals surface area (Å²) in [6.45, 7) is 2.07. The lowest BCUT2D eigenvalue weighted by Crippen LogP contribution is -2.39. The lowest BCUT2D eigenvalue weighted by molar-refractivity contribution is 0.0516. The average molecular weight is 578 g/mol. The molecule has 7 heteroatoms. The van der Waals surface area contributed by atoms with E-state index in [0.717, 1.165) is 44.9 Å². The highest BCUT2D eigenvalue weighted by atomic mass is 16.5. The predicted molar refractivity (Wildman–Crippen MR) is 171 cm³/mol. The molecule has 1 aliphatic rings. The van der Waals surface area contributed by atoms with Crippen LogP contribution in [0.4, 0.5) is 11.6 Å². The Morgan fingerprint density at radius 1 is 0.795 bits per heavy atom. The maximum absolute atomic E-state index is 13.5. The summed E-state index contributed by atoms with van der Waals surface area (Å²) in [6, 6.07) is 40.8. The van der Waals surface area contributed by atoms with Crippen LogP contribution in [0.15, 0.2) is 128 Å². The quantitative estimate of drug-likeness (QED) is 0.152. The highest BCUT2D eigenvalue weighted by Gasteiger charge is 2.44. The second-order valence-corrected chi connectivity index (χ2v) is 10.7. The van der Waals surface area contributed by atoms with Crippen molar-refractivity contribution in [1.82, 2.24) is 19.7 Å². The molecule has 7 nitrogen and oxygen atoms in total. The number of carbonyl (C=O) groups is 1. The van der Waals surface area contributed by atoms with Crippen LogP contribution in [0.3, 0.4) is 0 Å². The molecule has 7 rings (SSSR count). The number of rotatable bonds is 8. The van der Waals surface area contributed by atoms with Crippen molar-refractivity contribution in [3.63, 3.8) is 0 Å². The molecule has 0 aliphatic heterocycles. The Balaban J connectivity index is 1.57. The molecule has 1 aliphatic carbocycles. The zero-order valence-electron chi connectivity index (χ0n) is 24.4. The summed E-state index contributed by atoms with van der Waals surface area (Å²) in [6.07, 6.45) is 3.17. The van der Waals surface area contributed by atoms with E-state index in [2.05, 4.69) is 46.7 Å². The fraction of sp³-hybridized carbons (Fsp3) is 0.135. The van der Waals surface area contributed by atoms with Crippen LogP contribution >= 0.6 is 0 Å². The Kier molecular flexibility index (Phi) is 7.20. The zero-order chi connectivity index (χ0) is 29.9. The second-order valence-electron chi connectivity index (χ2n) is 10.7. The van der Waals surface area contributed by atoms with Crippen LogP contribution in [0.1, 0.15) is 45.2 Å². The highest BCUT2D eigenvalue weighted by Crippen LogP contribution is 2.46. The summed E-state index contributed by atoms with van der Waals surface area (Å²) < 4.78 is 7.57. The molecule has 4 aromatic carbocycles. The van der Waals surface area contributed by atoms with Gasteiger partial charge in [0.15, 0.2) is 5.69 Å². The van der Waals surface area contributed by atoms with Crippen molar-refractivity contribution < 1.29 is 9.53 Å². The van der Waals surface area contributed by atoms with Gasteiger partial charge in [-0.25, -0.2) is 19.4 Å². The number of aromatic nitrogens is 4. The van der Waals surface area contributed by atoms with Crippen molar-refractivity contribution in [3.8, 4) is 11.4 Å². The number of hydrogen-bond acceptors (Lipinski definition) is 6. The van der Waals surface area contributed by atoms with Crippen molar-refractivity contribution in [2.24, 2.45) is 0 Å². The van der Waals surface area contributed by atoms with E-state index < -0.39 is 11.5 Å². The van der Waals surface area contributed by atoms with E-state index in [4.69, 9.17) is 14.8 Å². The molecule has 0 bridgehead atoms. The van der Waals surface area contributed by atoms with Crippen LogP contribution < -0.4 is 5.32 Å². The maximum Gasteiger partial charge on any atom is 0.359 e. The molecule has 0 radical (unpaired) electrons. The number of aryl methyl sites for hydroxylation is 1. The molecular weight excluding hydrogens is 546 g/mol. The first kappa shape index (κ1) is 27.3. The van der Waals surface area contributed by atoms with E-state index in [1.54, 1.807) is 0 Å². The van der Waals surface area contributed by atoms with E-state index in [0.29, 0.717) is 24.5 Å². The first-order valence-corrected chi connectivity index (χ1v) is 14.8. The normalized spacial score (nSPS) is 12.2. The smallest absolute Gasteiger partial charge is 0.359 e. The number of benzene rings is 4. The molecule has 0 spiro atoms. The molecular formula is C37H31N5O2. The highest BCUT2D eigenvalue weighted by molar-refractivity contribution is 5.92. The third-order valence-corrected chi connectivity index (χ3v) is 8.11. The van der Waals surface area contributed by atoms with Crippen LogP contribution in [-0.4, -0.2) is 32.3 Å². The maximum atomic E-state index is 13.5. The van der Waals surface area contributed by atoms with E-state index >= 15 is 0 Å². The van der Waals surface area contributed by atoms with E-state index in [9.17, 15) is 4.79 Å². The van der Waals surface area contributed by atoms with Crippen molar-refractivity contribution >= 4 is 17.6 Å². The molecule has 216 valence electrons. The van der Waals surface area contributed by atoms with E-state index in [1.165, 1.54) is 0 Å². The van der Waals surface area contributed by atoms with Gasteiger partial charge in [-0.05, 0) is 54.2 Å². The third kappa shape index (κ3) is 4.63. The summed E-state index contributed by atoms with van der Waals surface area (Å²) >= 11 is 0. The zero-order valence-corrected chi connectivity index (χ0v) is 24.4. The minimum atomic E-state index is -0.939. The van der Waals surface area contributed by atoms with Crippen molar-refractivity contribution in [3.05, 3.63) is 161 Å². The molecule has 0 atom stereocenters. The molecule has 0 fully saturated rings. The van der Waals surface area contributed by atoms with Gasteiger partial charge in [0, 0.05) is 17.4 Å². The van der Waals surface area contributed by atoms with Gasteiger partial charge >= 0.3 is 5.97 Å². The van der Waals surface area contributed by atoms with Crippen LogP contribution in [0.2, 0.25) is 0 Å². The molecule has 2 aromatic heterocycles. The van der Waals surface area contributed by atoms with Crippen LogP contribution in [-0.2, 0) is 23.1 Å². The van der Waals surface area contributed by atoms with Gasteiger partial charge < -0.3 is 10.1 Å². The summed E-state index contributed by atoms with van der Waals surface area (Å²) in [4.78, 5) is 23.3. The van der Waals surface area contributed by atoms with Crippen LogP contribution in [0.25, 0.3) is 11.4 Å². The minimum Gasteiger partial charge on any atom is -0.461 e. The van der Waals surface area contributed by atoms with Gasteiger partial charge in [0.1, 0.15) is 5.54 Å². The lowest BCUT2D eigenvalue weighted by atomic mass is 9.76. The van der Waals surface area contributed by atoms with Gasteiger partial charge in [0.2, 0.25) is 5.95 Å². The van der Waals surface area contributed by atoms with Gasteiger partial charge in [-0.1, -0.05) is 109 Å². The third-order valence-electron chi connectivity index (χ3n) is 8.11. The van der Waals surface area contributed by atoms with Gasteiger partial charge in [0.25, 0.3) is 0 Å². The topological polar surface area (TPSA) is 81.9 Å². The number of carbonyl (C=O) groups excluding carboxylic acids is 1. The number of nitrogens with one attached hydrogen (secondary N) is 1. The minimum absolute atomic E-state index is 0.256. The number of ether oxygens (including phenoxy) is 1. The Morgan fingerprint density at radius 3 is 1.89 bits per heavy atom. The summed E-state index contributed by atoms with van der Waals surface area (Å²) in [5, 5.41) is 8.53. The lowest BCUT2D eigenvalue weighted by Gasteiger charge is -2.38. The number of nitrogens with zero attached hydrogens (tertiary/aromatic N) is 4. The standard InChI is InChI=1S/C37H31N5O2/c1-2-44-35(43)33-31-24-23-26-25-38-36(39-30-21-13-6-14-22-30)40-32(26)34(31)42(41-33)37(27-15-7-3-8-16-27,28-17-9-4-10-18-28)29-19-11-5-12-20-29/h3-22,25H,2,23-24H2,1H3,(H,38,39,40). The van der Waals surface area contributed by atoms with Crippen molar-refractivity contribution in [2.45, 2.75) is 25.3 Å². The summed E-state index contributed by atoms with van der Waals surface area (Å²) in [7, 11) is 0. The SMILES string of the molecule is CCOC(=O)c1nn(C(c2ccccc2)(c2ccccc2)c2ccccc2)c2c1CCc1cnc(Nc3ccccc3)nc1-2. The first-order chi connectivity index (χ1) is 21.7. The van der Waals surface area contributed by atoms with Gasteiger partial charge in [-0.3, -0.25) is 0 Å². The monoisotopic (exact) mass is 577 g/mol. The average Bonchev–Trinajstić information content (AvgIpc) is 3.48. The molecule has 0 saturated carbocycles. The number of fused-ring (bicyclic) bond motifs is 3. The fourth-order valence-electron chi connectivity index (χ4n) is 6.21. The number of para-hydroxylation sites is 1. The predicted octanol–water partition coefficient (Wildman–Crippen LogP) is 7.20. The van der Waals surface area contributed by atoms with Crippen LogP contribution in [0.5, 0.6) is 0 Å². The Bertz CT molecular complexity index is 1810. The van der Waals surface area contributed by atoms with Gasteiger partial charge in [-0.2, -0.15) is 5.10 Å². The van der Waals surface area contributed by atoms with E-state index in [-0.39, 0.29) is 6.61 Å². The largest absolute Gasteiger partial charge is 0.461 e.